The molecule has 1 heterocycles. The highest BCUT2D eigenvalue weighted by molar-refractivity contribution is 5.73. The minimum atomic E-state index is -0.945. The third kappa shape index (κ3) is 2.48. The molecule has 1 N–H and O–H groups in total. The summed E-state index contributed by atoms with van der Waals surface area (Å²) in [4.78, 5) is 11.2. The van der Waals surface area contributed by atoms with Crippen LogP contribution < -0.4 is 0 Å². The predicted molar refractivity (Wildman–Crippen MR) is 61.4 cm³/mol. The van der Waals surface area contributed by atoms with Crippen molar-refractivity contribution in [2.75, 3.05) is 6.61 Å². The summed E-state index contributed by atoms with van der Waals surface area (Å²) in [5, 5.41) is 9.16. The Hall–Kier alpha value is -1.39. The van der Waals surface area contributed by atoms with Crippen LogP contribution in [0, 0.1) is 5.41 Å². The van der Waals surface area contributed by atoms with Gasteiger partial charge in [-0.1, -0.05) is 44.2 Å². The minimum Gasteiger partial charge on any atom is -0.479 e. The number of carbonyl (C=O) groups is 1. The number of carboxylic acid groups (broad SMARTS) is 1. The number of carboxylic acids is 1. The molecule has 0 radical (unpaired) electrons. The van der Waals surface area contributed by atoms with Crippen LogP contribution in [0.15, 0.2) is 30.3 Å². The van der Waals surface area contributed by atoms with Gasteiger partial charge in [-0.25, -0.2) is 4.79 Å². The molecule has 92 valence electrons. The lowest BCUT2D eigenvalue weighted by Crippen LogP contribution is -2.47. The monoisotopic (exact) mass is 236 g/mol. The van der Waals surface area contributed by atoms with Gasteiger partial charge in [0.2, 0.25) is 0 Å². The second-order valence-electron chi connectivity index (χ2n) is 4.90. The third-order valence-corrected chi connectivity index (χ3v) is 2.87. The summed E-state index contributed by atoms with van der Waals surface area (Å²) < 4.78 is 11.1. The predicted octanol–water partition coefficient (Wildman–Crippen LogP) is 2.21. The average molecular weight is 236 g/mol. The normalized spacial score (nSPS) is 27.6. The Labute approximate surface area is 100 Å². The first-order valence-corrected chi connectivity index (χ1v) is 5.55. The van der Waals surface area contributed by atoms with Crippen molar-refractivity contribution in [3.05, 3.63) is 35.9 Å². The molecule has 17 heavy (non-hydrogen) atoms. The van der Waals surface area contributed by atoms with Crippen molar-refractivity contribution in [1.82, 2.24) is 0 Å². The first-order chi connectivity index (χ1) is 8.00. The molecule has 2 rings (SSSR count). The fraction of sp³-hybridized carbons (Fsp3) is 0.462. The zero-order valence-electron chi connectivity index (χ0n) is 9.92. The van der Waals surface area contributed by atoms with Gasteiger partial charge in [-0.05, 0) is 0 Å². The van der Waals surface area contributed by atoms with Crippen LogP contribution in [0.3, 0.4) is 0 Å². The van der Waals surface area contributed by atoms with Gasteiger partial charge in [0.15, 0.2) is 12.4 Å². The Morgan fingerprint density at radius 2 is 2.00 bits per heavy atom. The summed E-state index contributed by atoms with van der Waals surface area (Å²) in [7, 11) is 0. The Morgan fingerprint density at radius 3 is 2.59 bits per heavy atom. The standard InChI is InChI=1S/C13H16O4/c1-13(2)8-16-12(17-10(13)11(14)15)9-6-4-3-5-7-9/h3-7,10,12H,8H2,1-2H3,(H,14,15). The van der Waals surface area contributed by atoms with E-state index in [9.17, 15) is 4.79 Å². The van der Waals surface area contributed by atoms with E-state index in [2.05, 4.69) is 0 Å². The molecule has 1 saturated heterocycles. The largest absolute Gasteiger partial charge is 0.479 e. The zero-order chi connectivity index (χ0) is 12.5. The molecule has 2 unspecified atom stereocenters. The molecule has 1 aliphatic rings. The Balaban J connectivity index is 2.18. The Kier molecular flexibility index (Phi) is 3.17. The SMILES string of the molecule is CC1(C)COC(c2ccccc2)OC1C(=O)O. The minimum absolute atomic E-state index is 0.365. The highest BCUT2D eigenvalue weighted by atomic mass is 16.7. The molecule has 0 amide bonds. The highest BCUT2D eigenvalue weighted by Gasteiger charge is 2.43. The van der Waals surface area contributed by atoms with E-state index in [0.717, 1.165) is 5.56 Å². The van der Waals surface area contributed by atoms with Gasteiger partial charge in [-0.3, -0.25) is 0 Å². The molecule has 0 spiro atoms. The van der Waals surface area contributed by atoms with E-state index >= 15 is 0 Å². The molecule has 4 heteroatoms. The quantitative estimate of drug-likeness (QED) is 0.855. The van der Waals surface area contributed by atoms with Gasteiger partial charge in [-0.2, -0.15) is 0 Å². The molecular weight excluding hydrogens is 220 g/mol. The fourth-order valence-corrected chi connectivity index (χ4v) is 1.89. The second-order valence-corrected chi connectivity index (χ2v) is 4.90. The summed E-state index contributed by atoms with van der Waals surface area (Å²) in [5.41, 5.74) is 0.325. The molecular formula is C13H16O4. The molecule has 1 fully saturated rings. The maximum absolute atomic E-state index is 11.2. The summed E-state index contributed by atoms with van der Waals surface area (Å²) in [5.74, 6) is -0.945. The van der Waals surface area contributed by atoms with Crippen molar-refractivity contribution in [3.63, 3.8) is 0 Å². The molecule has 1 aliphatic heterocycles. The van der Waals surface area contributed by atoms with E-state index in [1.165, 1.54) is 0 Å². The van der Waals surface area contributed by atoms with E-state index in [1.807, 2.05) is 44.2 Å². The topological polar surface area (TPSA) is 55.8 Å². The summed E-state index contributed by atoms with van der Waals surface area (Å²) in [6.07, 6.45) is -1.44. The van der Waals surface area contributed by atoms with Gasteiger partial charge in [0, 0.05) is 11.0 Å². The molecule has 1 aromatic rings. The van der Waals surface area contributed by atoms with Gasteiger partial charge in [-0.15, -0.1) is 0 Å². The lowest BCUT2D eigenvalue weighted by Gasteiger charge is -2.39. The fourth-order valence-electron chi connectivity index (χ4n) is 1.89. The number of ether oxygens (including phenoxy) is 2. The molecule has 2 atom stereocenters. The highest BCUT2D eigenvalue weighted by Crippen LogP contribution is 2.36. The van der Waals surface area contributed by atoms with E-state index in [0.29, 0.717) is 6.61 Å². The molecule has 0 aromatic heterocycles. The van der Waals surface area contributed by atoms with E-state index in [4.69, 9.17) is 14.6 Å². The molecule has 0 aliphatic carbocycles. The van der Waals surface area contributed by atoms with Gasteiger partial charge in [0.05, 0.1) is 6.61 Å². The second kappa shape index (κ2) is 4.47. The van der Waals surface area contributed by atoms with Crippen molar-refractivity contribution in [3.8, 4) is 0 Å². The number of rotatable bonds is 2. The number of hydrogen-bond donors (Lipinski definition) is 1. The van der Waals surface area contributed by atoms with Crippen LogP contribution in [0.2, 0.25) is 0 Å². The van der Waals surface area contributed by atoms with Crippen LogP contribution in [-0.2, 0) is 14.3 Å². The van der Waals surface area contributed by atoms with Crippen LogP contribution in [0.4, 0.5) is 0 Å². The van der Waals surface area contributed by atoms with Gasteiger partial charge in [0.1, 0.15) is 0 Å². The maximum Gasteiger partial charge on any atom is 0.333 e. The van der Waals surface area contributed by atoms with Gasteiger partial charge < -0.3 is 14.6 Å². The van der Waals surface area contributed by atoms with Crippen molar-refractivity contribution >= 4 is 5.97 Å². The molecule has 1 aromatic carbocycles. The van der Waals surface area contributed by atoms with Crippen LogP contribution >= 0.6 is 0 Å². The van der Waals surface area contributed by atoms with Gasteiger partial charge >= 0.3 is 5.97 Å². The third-order valence-electron chi connectivity index (χ3n) is 2.87. The number of benzene rings is 1. The zero-order valence-corrected chi connectivity index (χ0v) is 9.92. The van der Waals surface area contributed by atoms with Crippen LogP contribution in [-0.4, -0.2) is 23.8 Å². The smallest absolute Gasteiger partial charge is 0.333 e. The summed E-state index contributed by atoms with van der Waals surface area (Å²) in [6, 6.07) is 9.36. The Bertz CT molecular complexity index is 399. The number of aliphatic carboxylic acids is 1. The first kappa shape index (κ1) is 12.1. The maximum atomic E-state index is 11.2. The lowest BCUT2D eigenvalue weighted by molar-refractivity contribution is -0.264. The van der Waals surface area contributed by atoms with Crippen molar-refractivity contribution in [1.29, 1.82) is 0 Å². The van der Waals surface area contributed by atoms with Crippen molar-refractivity contribution in [2.45, 2.75) is 26.2 Å². The van der Waals surface area contributed by atoms with Gasteiger partial charge in [0.25, 0.3) is 0 Å². The van der Waals surface area contributed by atoms with Crippen molar-refractivity contribution < 1.29 is 19.4 Å². The first-order valence-electron chi connectivity index (χ1n) is 5.55. The van der Waals surface area contributed by atoms with Crippen LogP contribution in [0.5, 0.6) is 0 Å². The summed E-state index contributed by atoms with van der Waals surface area (Å²) in [6.45, 7) is 4.02. The summed E-state index contributed by atoms with van der Waals surface area (Å²) >= 11 is 0. The van der Waals surface area contributed by atoms with E-state index in [-0.39, 0.29) is 0 Å². The van der Waals surface area contributed by atoms with E-state index in [1.54, 1.807) is 0 Å². The van der Waals surface area contributed by atoms with Crippen LogP contribution in [0.1, 0.15) is 25.7 Å². The van der Waals surface area contributed by atoms with E-state index < -0.39 is 23.8 Å². The average Bonchev–Trinajstić information content (AvgIpc) is 2.29. The van der Waals surface area contributed by atoms with Crippen molar-refractivity contribution in [2.24, 2.45) is 5.41 Å². The number of hydrogen-bond acceptors (Lipinski definition) is 3. The Morgan fingerprint density at radius 1 is 1.35 bits per heavy atom. The molecule has 0 saturated carbocycles. The molecule has 4 nitrogen and oxygen atoms in total. The lowest BCUT2D eigenvalue weighted by atomic mass is 9.86. The molecule has 0 bridgehead atoms. The van der Waals surface area contributed by atoms with Crippen LogP contribution in [0.25, 0.3) is 0 Å².